The van der Waals surface area contributed by atoms with Crippen LogP contribution in [0.1, 0.15) is 18.9 Å². The predicted molar refractivity (Wildman–Crippen MR) is 83.2 cm³/mol. The fourth-order valence-electron chi connectivity index (χ4n) is 2.02. The zero-order valence-electron chi connectivity index (χ0n) is 13.5. The summed E-state index contributed by atoms with van der Waals surface area (Å²) >= 11 is 0. The SMILES string of the molecule is CCC(NC(=O)OCc1ccccc1)C(=O)Cn1nnnc1OC. The van der Waals surface area contributed by atoms with Crippen molar-refractivity contribution in [3.8, 4) is 6.01 Å². The molecule has 2 aromatic rings. The summed E-state index contributed by atoms with van der Waals surface area (Å²) < 4.78 is 11.3. The lowest BCUT2D eigenvalue weighted by atomic mass is 10.1. The quantitative estimate of drug-likeness (QED) is 0.766. The minimum absolute atomic E-state index is 0.104. The van der Waals surface area contributed by atoms with Gasteiger partial charge in [0.1, 0.15) is 13.2 Å². The number of alkyl carbamates (subject to hydrolysis) is 1. The number of hydrogen-bond acceptors (Lipinski definition) is 7. The summed E-state index contributed by atoms with van der Waals surface area (Å²) in [6.07, 6.45) is -0.230. The Balaban J connectivity index is 1.86. The Morgan fingerprint density at radius 3 is 2.71 bits per heavy atom. The second-order valence-electron chi connectivity index (χ2n) is 4.96. The molecule has 0 aliphatic carbocycles. The number of hydrogen-bond donors (Lipinski definition) is 1. The largest absolute Gasteiger partial charge is 0.466 e. The topological polar surface area (TPSA) is 108 Å². The van der Waals surface area contributed by atoms with Crippen LogP contribution in [0.4, 0.5) is 4.79 Å². The molecule has 0 saturated heterocycles. The number of benzene rings is 1. The van der Waals surface area contributed by atoms with E-state index in [1.54, 1.807) is 6.92 Å². The van der Waals surface area contributed by atoms with Gasteiger partial charge in [-0.2, -0.15) is 4.68 Å². The van der Waals surface area contributed by atoms with Gasteiger partial charge in [0.2, 0.25) is 0 Å². The molecule has 0 bridgehead atoms. The third kappa shape index (κ3) is 4.77. The van der Waals surface area contributed by atoms with E-state index in [0.717, 1.165) is 5.56 Å². The molecule has 128 valence electrons. The molecule has 9 heteroatoms. The summed E-state index contributed by atoms with van der Waals surface area (Å²) in [6, 6.07) is 8.72. The highest BCUT2D eigenvalue weighted by Crippen LogP contribution is 2.05. The standard InChI is InChI=1S/C15H19N5O4/c1-3-12(13(21)9-20-14(23-2)17-18-19-20)16-15(22)24-10-11-7-5-4-6-8-11/h4-8,12H,3,9-10H2,1-2H3,(H,16,22). The first kappa shape index (κ1) is 17.4. The molecule has 1 aromatic carbocycles. The Morgan fingerprint density at radius 2 is 2.04 bits per heavy atom. The molecule has 1 aromatic heterocycles. The highest BCUT2D eigenvalue weighted by atomic mass is 16.5. The van der Waals surface area contributed by atoms with Crippen LogP contribution in [0.25, 0.3) is 0 Å². The average Bonchev–Trinajstić information content (AvgIpc) is 3.05. The van der Waals surface area contributed by atoms with Crippen LogP contribution in [-0.4, -0.2) is 45.2 Å². The molecule has 0 aliphatic rings. The van der Waals surface area contributed by atoms with Crippen molar-refractivity contribution < 1.29 is 19.1 Å². The number of methoxy groups -OCH3 is 1. The molecular weight excluding hydrogens is 314 g/mol. The van der Waals surface area contributed by atoms with E-state index in [-0.39, 0.29) is 24.9 Å². The monoisotopic (exact) mass is 333 g/mol. The van der Waals surface area contributed by atoms with E-state index in [0.29, 0.717) is 6.42 Å². The minimum Gasteiger partial charge on any atom is -0.466 e. The van der Waals surface area contributed by atoms with E-state index in [9.17, 15) is 9.59 Å². The lowest BCUT2D eigenvalue weighted by molar-refractivity contribution is -0.121. The number of amides is 1. The molecule has 0 saturated carbocycles. The van der Waals surface area contributed by atoms with Gasteiger partial charge in [0.25, 0.3) is 0 Å². The maximum atomic E-state index is 12.3. The van der Waals surface area contributed by atoms with Crippen LogP contribution in [0.5, 0.6) is 6.01 Å². The van der Waals surface area contributed by atoms with Gasteiger partial charge in [-0.05, 0) is 22.4 Å². The van der Waals surface area contributed by atoms with Gasteiger partial charge in [0.15, 0.2) is 5.78 Å². The molecule has 0 aliphatic heterocycles. The van der Waals surface area contributed by atoms with Crippen molar-refractivity contribution in [3.05, 3.63) is 35.9 Å². The summed E-state index contributed by atoms with van der Waals surface area (Å²) in [5.74, 6) is -0.250. The first-order valence-corrected chi connectivity index (χ1v) is 7.44. The number of carbonyl (C=O) groups excluding carboxylic acids is 2. The van der Waals surface area contributed by atoms with E-state index in [1.807, 2.05) is 30.3 Å². The normalized spacial score (nSPS) is 11.6. The lowest BCUT2D eigenvalue weighted by Gasteiger charge is -2.16. The summed E-state index contributed by atoms with van der Waals surface area (Å²) in [5.41, 5.74) is 0.866. The summed E-state index contributed by atoms with van der Waals surface area (Å²) in [4.78, 5) is 24.1. The molecule has 1 atom stereocenters. The van der Waals surface area contributed by atoms with Crippen molar-refractivity contribution >= 4 is 11.9 Å². The first-order valence-electron chi connectivity index (χ1n) is 7.44. The molecule has 1 amide bonds. The van der Waals surface area contributed by atoms with E-state index in [2.05, 4.69) is 20.8 Å². The fraction of sp³-hybridized carbons (Fsp3) is 0.400. The smallest absolute Gasteiger partial charge is 0.408 e. The van der Waals surface area contributed by atoms with E-state index >= 15 is 0 Å². The van der Waals surface area contributed by atoms with Crippen LogP contribution in [0, 0.1) is 0 Å². The predicted octanol–water partition coefficient (Wildman–Crippen LogP) is 0.956. The molecule has 1 heterocycles. The van der Waals surface area contributed by atoms with Crippen LogP contribution >= 0.6 is 0 Å². The maximum absolute atomic E-state index is 12.3. The van der Waals surface area contributed by atoms with Gasteiger partial charge >= 0.3 is 12.1 Å². The summed E-state index contributed by atoms with van der Waals surface area (Å²) in [5, 5.41) is 13.3. The summed E-state index contributed by atoms with van der Waals surface area (Å²) in [6.45, 7) is 1.82. The second kappa shape index (κ2) is 8.61. The number of Topliss-reactive ketones (excluding diaryl/α,β-unsaturated/α-hetero) is 1. The van der Waals surface area contributed by atoms with Crippen LogP contribution in [0.15, 0.2) is 30.3 Å². The number of aromatic nitrogens is 4. The molecule has 2 rings (SSSR count). The number of ether oxygens (including phenoxy) is 2. The van der Waals surface area contributed by atoms with Crippen LogP contribution in [-0.2, 0) is 22.7 Å². The van der Waals surface area contributed by atoms with E-state index < -0.39 is 12.1 Å². The second-order valence-corrected chi connectivity index (χ2v) is 4.96. The number of tetrazole rings is 1. The Bertz CT molecular complexity index is 674. The number of rotatable bonds is 8. The zero-order valence-corrected chi connectivity index (χ0v) is 13.5. The third-order valence-electron chi connectivity index (χ3n) is 3.29. The molecule has 0 spiro atoms. The highest BCUT2D eigenvalue weighted by molar-refractivity contribution is 5.87. The minimum atomic E-state index is -0.692. The zero-order chi connectivity index (χ0) is 17.4. The lowest BCUT2D eigenvalue weighted by Crippen LogP contribution is -2.42. The molecule has 0 radical (unpaired) electrons. The Morgan fingerprint density at radius 1 is 1.29 bits per heavy atom. The molecule has 1 N–H and O–H groups in total. The maximum Gasteiger partial charge on any atom is 0.408 e. The van der Waals surface area contributed by atoms with Gasteiger partial charge < -0.3 is 14.8 Å². The number of nitrogens with zero attached hydrogens (tertiary/aromatic N) is 4. The molecule has 24 heavy (non-hydrogen) atoms. The van der Waals surface area contributed by atoms with E-state index in [4.69, 9.17) is 9.47 Å². The van der Waals surface area contributed by atoms with E-state index in [1.165, 1.54) is 11.8 Å². The van der Waals surface area contributed by atoms with Crippen LogP contribution < -0.4 is 10.1 Å². The Kier molecular flexibility index (Phi) is 6.23. The van der Waals surface area contributed by atoms with Crippen molar-refractivity contribution in [1.29, 1.82) is 0 Å². The molecule has 0 fully saturated rings. The first-order chi connectivity index (χ1) is 11.6. The Hall–Kier alpha value is -2.97. The third-order valence-corrected chi connectivity index (χ3v) is 3.29. The Labute approximate surface area is 138 Å². The number of carbonyl (C=O) groups is 2. The summed E-state index contributed by atoms with van der Waals surface area (Å²) in [7, 11) is 1.41. The number of ketones is 1. The van der Waals surface area contributed by atoms with Gasteiger partial charge in [-0.3, -0.25) is 4.79 Å². The van der Waals surface area contributed by atoms with Gasteiger partial charge in [-0.1, -0.05) is 42.4 Å². The highest BCUT2D eigenvalue weighted by Gasteiger charge is 2.21. The molecule has 9 nitrogen and oxygen atoms in total. The van der Waals surface area contributed by atoms with Gasteiger partial charge in [0.05, 0.1) is 13.2 Å². The fourth-order valence-corrected chi connectivity index (χ4v) is 2.02. The van der Waals surface area contributed by atoms with Crippen molar-refractivity contribution in [2.24, 2.45) is 0 Å². The van der Waals surface area contributed by atoms with Crippen LogP contribution in [0.3, 0.4) is 0 Å². The number of nitrogens with one attached hydrogen (secondary N) is 1. The van der Waals surface area contributed by atoms with Crippen LogP contribution in [0.2, 0.25) is 0 Å². The average molecular weight is 333 g/mol. The molecular formula is C15H19N5O4. The van der Waals surface area contributed by atoms with Gasteiger partial charge in [-0.15, -0.1) is 0 Å². The van der Waals surface area contributed by atoms with Gasteiger partial charge in [-0.25, -0.2) is 4.79 Å². The van der Waals surface area contributed by atoms with Crippen molar-refractivity contribution in [3.63, 3.8) is 0 Å². The van der Waals surface area contributed by atoms with Crippen molar-refractivity contribution in [2.75, 3.05) is 7.11 Å². The van der Waals surface area contributed by atoms with Crippen molar-refractivity contribution in [1.82, 2.24) is 25.5 Å². The van der Waals surface area contributed by atoms with Gasteiger partial charge in [0, 0.05) is 0 Å². The van der Waals surface area contributed by atoms with Crippen molar-refractivity contribution in [2.45, 2.75) is 32.5 Å². The molecule has 1 unspecified atom stereocenters.